The van der Waals surface area contributed by atoms with Gasteiger partial charge in [-0.3, -0.25) is 4.79 Å². The Morgan fingerprint density at radius 1 is 1.22 bits per heavy atom. The molecule has 2 aromatic rings. The summed E-state index contributed by atoms with van der Waals surface area (Å²) >= 11 is 5.85. The van der Waals surface area contributed by atoms with Gasteiger partial charge in [0.15, 0.2) is 0 Å². The lowest BCUT2D eigenvalue weighted by molar-refractivity contribution is 0.0746. The summed E-state index contributed by atoms with van der Waals surface area (Å²) in [7, 11) is 0. The first kappa shape index (κ1) is 15.8. The zero-order valence-electron chi connectivity index (χ0n) is 13.3. The van der Waals surface area contributed by atoms with Crippen molar-refractivity contribution in [3.05, 3.63) is 58.2 Å². The van der Waals surface area contributed by atoms with Crippen molar-refractivity contribution in [2.45, 2.75) is 13.8 Å². The number of amides is 1. The van der Waals surface area contributed by atoms with E-state index in [-0.39, 0.29) is 5.91 Å². The van der Waals surface area contributed by atoms with Crippen LogP contribution in [0.2, 0.25) is 5.02 Å². The number of hydrogen-bond acceptors (Lipinski definition) is 3. The van der Waals surface area contributed by atoms with Crippen LogP contribution in [-0.2, 0) is 0 Å². The van der Waals surface area contributed by atoms with Gasteiger partial charge in [-0.05, 0) is 49.2 Å². The van der Waals surface area contributed by atoms with Crippen LogP contribution in [0.15, 0.2) is 30.5 Å². The molecule has 23 heavy (non-hydrogen) atoms. The van der Waals surface area contributed by atoms with Gasteiger partial charge in [-0.25, -0.2) is 4.98 Å². The topological polar surface area (TPSA) is 36.4 Å². The molecule has 1 aromatic carbocycles. The molecule has 0 atom stereocenters. The smallest absolute Gasteiger partial charge is 0.254 e. The molecule has 119 valence electrons. The number of pyridine rings is 1. The molecule has 0 aliphatic carbocycles. The number of halogens is 1. The van der Waals surface area contributed by atoms with Crippen LogP contribution in [0.5, 0.6) is 0 Å². The monoisotopic (exact) mass is 328 g/mol. The average Bonchev–Trinajstić information content (AvgIpc) is 2.55. The third-order valence-electron chi connectivity index (χ3n) is 4.06. The fourth-order valence-electron chi connectivity index (χ4n) is 2.87. The Labute approximate surface area is 141 Å². The highest BCUT2D eigenvalue weighted by Crippen LogP contribution is 2.20. The second-order valence-corrected chi connectivity index (χ2v) is 6.29. The zero-order chi connectivity index (χ0) is 16.4. The molecule has 1 aromatic heterocycles. The van der Waals surface area contributed by atoms with Crippen molar-refractivity contribution in [2.75, 3.05) is 31.1 Å². The van der Waals surface area contributed by atoms with Crippen LogP contribution >= 0.6 is 11.6 Å². The third-order valence-corrected chi connectivity index (χ3v) is 4.29. The lowest BCUT2D eigenvalue weighted by Gasteiger charge is -2.36. The van der Waals surface area contributed by atoms with Crippen LogP contribution in [0.25, 0.3) is 0 Å². The van der Waals surface area contributed by atoms with Crippen LogP contribution in [-0.4, -0.2) is 42.0 Å². The van der Waals surface area contributed by atoms with Gasteiger partial charge in [0.1, 0.15) is 5.82 Å². The zero-order valence-corrected chi connectivity index (χ0v) is 14.1. The highest BCUT2D eigenvalue weighted by atomic mass is 35.5. The van der Waals surface area contributed by atoms with Crippen LogP contribution in [0.1, 0.15) is 21.5 Å². The fraction of sp³-hybridized carbons (Fsp3) is 0.333. The van der Waals surface area contributed by atoms with E-state index in [1.54, 1.807) is 18.2 Å². The molecule has 0 N–H and O–H groups in total. The summed E-state index contributed by atoms with van der Waals surface area (Å²) in [6.45, 7) is 7.07. The molecule has 1 aliphatic heterocycles. The van der Waals surface area contributed by atoms with E-state index in [2.05, 4.69) is 28.9 Å². The van der Waals surface area contributed by atoms with Crippen molar-refractivity contribution in [3.8, 4) is 0 Å². The first-order valence-electron chi connectivity index (χ1n) is 7.69. The summed E-state index contributed by atoms with van der Waals surface area (Å²) in [6.07, 6.45) is 1.89. The summed E-state index contributed by atoms with van der Waals surface area (Å²) in [5, 5.41) is 0.590. The molecule has 0 unspecified atom stereocenters. The Bertz CT molecular complexity index is 707. The lowest BCUT2D eigenvalue weighted by atomic mass is 10.1. The second kappa shape index (κ2) is 6.59. The van der Waals surface area contributed by atoms with E-state index in [1.165, 1.54) is 11.1 Å². The van der Waals surface area contributed by atoms with Gasteiger partial charge < -0.3 is 9.80 Å². The Morgan fingerprint density at radius 3 is 2.57 bits per heavy atom. The minimum atomic E-state index is 0.00917. The Balaban J connectivity index is 1.66. The number of anilines is 1. The molecule has 1 radical (unpaired) electrons. The summed E-state index contributed by atoms with van der Waals surface area (Å²) in [4.78, 5) is 21.1. The largest absolute Gasteiger partial charge is 0.353 e. The molecule has 1 aliphatic rings. The maximum atomic E-state index is 12.5. The van der Waals surface area contributed by atoms with E-state index in [1.807, 2.05) is 18.0 Å². The number of carbonyl (C=O) groups excluding carboxylic acids is 1. The van der Waals surface area contributed by atoms with E-state index >= 15 is 0 Å². The number of aryl methyl sites for hydroxylation is 2. The molecule has 4 nitrogen and oxygen atoms in total. The number of piperazine rings is 1. The predicted octanol–water partition coefficient (Wildman–Crippen LogP) is 3.11. The van der Waals surface area contributed by atoms with Gasteiger partial charge in [-0.2, -0.15) is 0 Å². The standard InChI is InChI=1S/C18H19ClN3O/c1-13-11-14(2)17(20-12-13)21-7-9-22(10-8-21)18(23)15-3-5-16(19)6-4-15/h3,5-6,11-12H,7-10H2,1-2H3. The lowest BCUT2D eigenvalue weighted by Crippen LogP contribution is -2.49. The fourth-order valence-corrected chi connectivity index (χ4v) is 2.99. The third kappa shape index (κ3) is 3.48. The predicted molar refractivity (Wildman–Crippen MR) is 92.1 cm³/mol. The Morgan fingerprint density at radius 2 is 1.96 bits per heavy atom. The van der Waals surface area contributed by atoms with Gasteiger partial charge in [0.05, 0.1) is 0 Å². The number of carbonyl (C=O) groups is 1. The van der Waals surface area contributed by atoms with E-state index in [0.29, 0.717) is 23.7 Å². The molecule has 2 heterocycles. The van der Waals surface area contributed by atoms with Crippen molar-refractivity contribution in [2.24, 2.45) is 0 Å². The molecule has 1 saturated heterocycles. The Kier molecular flexibility index (Phi) is 4.53. The number of nitrogens with zero attached hydrogens (tertiary/aromatic N) is 3. The molecule has 5 heteroatoms. The summed E-state index contributed by atoms with van der Waals surface area (Å²) in [5.41, 5.74) is 2.90. The number of rotatable bonds is 2. The number of benzene rings is 1. The Hall–Kier alpha value is -2.07. The van der Waals surface area contributed by atoms with Gasteiger partial charge in [-0.1, -0.05) is 17.7 Å². The summed E-state index contributed by atoms with van der Waals surface area (Å²) in [5.74, 6) is 1.02. The first-order chi connectivity index (χ1) is 11.0. The minimum Gasteiger partial charge on any atom is -0.353 e. The van der Waals surface area contributed by atoms with Gasteiger partial charge in [-0.15, -0.1) is 0 Å². The average molecular weight is 329 g/mol. The highest BCUT2D eigenvalue weighted by Gasteiger charge is 2.23. The van der Waals surface area contributed by atoms with Gasteiger partial charge in [0, 0.05) is 43.0 Å². The normalized spacial score (nSPS) is 14.9. The molecule has 1 amide bonds. The molecule has 1 fully saturated rings. The number of aromatic nitrogens is 1. The summed E-state index contributed by atoms with van der Waals surface area (Å²) < 4.78 is 0. The van der Waals surface area contributed by atoms with Crippen LogP contribution in [0.4, 0.5) is 5.82 Å². The quantitative estimate of drug-likeness (QED) is 0.850. The van der Waals surface area contributed by atoms with E-state index in [9.17, 15) is 4.79 Å². The maximum Gasteiger partial charge on any atom is 0.254 e. The van der Waals surface area contributed by atoms with Crippen LogP contribution in [0.3, 0.4) is 0 Å². The number of hydrogen-bond donors (Lipinski definition) is 0. The van der Waals surface area contributed by atoms with Crippen molar-refractivity contribution in [1.82, 2.24) is 9.88 Å². The van der Waals surface area contributed by atoms with E-state index in [4.69, 9.17) is 11.6 Å². The van der Waals surface area contributed by atoms with Gasteiger partial charge in [0.25, 0.3) is 5.91 Å². The second-order valence-electron chi connectivity index (χ2n) is 5.85. The van der Waals surface area contributed by atoms with Gasteiger partial charge in [0.2, 0.25) is 0 Å². The molecule has 0 saturated carbocycles. The molecular formula is C18H19ClN3O. The van der Waals surface area contributed by atoms with Crippen molar-refractivity contribution >= 4 is 23.3 Å². The van der Waals surface area contributed by atoms with E-state index in [0.717, 1.165) is 18.9 Å². The van der Waals surface area contributed by atoms with Crippen molar-refractivity contribution < 1.29 is 4.79 Å². The van der Waals surface area contributed by atoms with Crippen LogP contribution < -0.4 is 4.90 Å². The van der Waals surface area contributed by atoms with Crippen molar-refractivity contribution in [1.29, 1.82) is 0 Å². The first-order valence-corrected chi connectivity index (χ1v) is 8.07. The minimum absolute atomic E-state index is 0.00917. The van der Waals surface area contributed by atoms with E-state index < -0.39 is 0 Å². The van der Waals surface area contributed by atoms with Crippen molar-refractivity contribution in [3.63, 3.8) is 0 Å². The summed E-state index contributed by atoms with van der Waals surface area (Å²) in [6, 6.07) is 10.2. The molecule has 3 rings (SSSR count). The van der Waals surface area contributed by atoms with Gasteiger partial charge >= 0.3 is 0 Å². The molecule has 0 spiro atoms. The maximum absolute atomic E-state index is 12.5. The molecular weight excluding hydrogens is 310 g/mol. The van der Waals surface area contributed by atoms with Crippen LogP contribution in [0, 0.1) is 19.9 Å². The SMILES string of the molecule is Cc1cnc(N2CCN(C(=O)c3[c]cc(Cl)cc3)CC2)c(C)c1. The molecule has 0 bridgehead atoms. The highest BCUT2D eigenvalue weighted by molar-refractivity contribution is 6.30.